The van der Waals surface area contributed by atoms with Gasteiger partial charge in [-0.25, -0.2) is 0 Å². The zero-order valence-corrected chi connectivity index (χ0v) is 15.7. The molecule has 0 aliphatic heterocycles. The van der Waals surface area contributed by atoms with Crippen molar-refractivity contribution in [3.05, 3.63) is 11.6 Å². The van der Waals surface area contributed by atoms with Crippen LogP contribution in [0.1, 0.15) is 71.6 Å². The first kappa shape index (κ1) is 16.8. The molecule has 0 aromatic carbocycles. The van der Waals surface area contributed by atoms with E-state index in [4.69, 9.17) is 5.11 Å². The molecule has 1 spiro atoms. The van der Waals surface area contributed by atoms with Gasteiger partial charge in [0.05, 0.1) is 0 Å². The Hall–Kier alpha value is -0.630. The van der Waals surface area contributed by atoms with Crippen LogP contribution in [0.3, 0.4) is 0 Å². The highest BCUT2D eigenvalue weighted by atomic mass is 16.2. The van der Waals surface area contributed by atoms with Gasteiger partial charge in [-0.15, -0.1) is 0 Å². The van der Waals surface area contributed by atoms with Gasteiger partial charge in [0.25, 0.3) is 0 Å². The molecule has 134 valence electrons. The van der Waals surface area contributed by atoms with Crippen molar-refractivity contribution in [1.29, 1.82) is 0 Å². The lowest BCUT2D eigenvalue weighted by Gasteiger charge is -2.56. The number of carbonyl (C=O) groups is 1. The van der Waals surface area contributed by atoms with Gasteiger partial charge in [0.15, 0.2) is 5.78 Å². The lowest BCUT2D eigenvalue weighted by atomic mass is 9.48. The van der Waals surface area contributed by atoms with Gasteiger partial charge in [-0.05, 0) is 97.9 Å². The Labute approximate surface area is 147 Å². The topological polar surface area (TPSA) is 37.3 Å². The summed E-state index contributed by atoms with van der Waals surface area (Å²) in [7, 11) is 1.00. The van der Waals surface area contributed by atoms with Crippen molar-refractivity contribution >= 4 is 5.78 Å². The molecule has 0 amide bonds. The number of aliphatic hydroxyl groups excluding tert-OH is 1. The third-order valence-corrected chi connectivity index (χ3v) is 9.26. The van der Waals surface area contributed by atoms with Gasteiger partial charge in [0, 0.05) is 13.5 Å². The summed E-state index contributed by atoms with van der Waals surface area (Å²) in [4.78, 5) is 11.8. The average molecular weight is 331 g/mol. The third kappa shape index (κ3) is 1.84. The second-order valence-corrected chi connectivity index (χ2v) is 9.18. The van der Waals surface area contributed by atoms with Gasteiger partial charge in [0.1, 0.15) is 0 Å². The Morgan fingerprint density at radius 2 is 1.83 bits per heavy atom. The van der Waals surface area contributed by atoms with Crippen LogP contribution in [0, 0.1) is 40.4 Å². The molecule has 5 rings (SSSR count). The molecule has 0 saturated heterocycles. The van der Waals surface area contributed by atoms with Crippen molar-refractivity contribution in [2.45, 2.75) is 71.6 Å². The van der Waals surface area contributed by atoms with E-state index in [1.165, 1.54) is 51.4 Å². The molecule has 4 fully saturated rings. The zero-order valence-electron chi connectivity index (χ0n) is 15.7. The number of allylic oxidation sites excluding steroid dienone is 1. The predicted molar refractivity (Wildman–Crippen MR) is 96.4 cm³/mol. The molecule has 4 saturated carbocycles. The largest absolute Gasteiger partial charge is 0.400 e. The van der Waals surface area contributed by atoms with E-state index in [0.717, 1.165) is 48.5 Å². The molecule has 24 heavy (non-hydrogen) atoms. The predicted octanol–water partition coefficient (Wildman–Crippen LogP) is 4.76. The molecular weight excluding hydrogens is 296 g/mol. The molecule has 2 nitrogen and oxygen atoms in total. The summed E-state index contributed by atoms with van der Waals surface area (Å²) in [6.45, 7) is 5.05. The van der Waals surface area contributed by atoms with E-state index in [1.54, 1.807) is 5.57 Å². The minimum absolute atomic E-state index is 0.403. The van der Waals surface area contributed by atoms with E-state index in [-0.39, 0.29) is 0 Å². The molecule has 2 heteroatoms. The standard InChI is InChI=1S/C21H30O.CH4O/c1-3-20-10-8-17-16-6-5-15(22)12-14(16)4-7-19(17)21(20)13(2)18(21)9-11-20;1-2/h12-13,16-19H,3-11H2,1-2H3;2H,1H3/t13?,16?,17?,18?,19?,20-,21?;/m1./s1. The summed E-state index contributed by atoms with van der Waals surface area (Å²) >= 11 is 0. The van der Waals surface area contributed by atoms with E-state index < -0.39 is 0 Å². The monoisotopic (exact) mass is 330 g/mol. The summed E-state index contributed by atoms with van der Waals surface area (Å²) in [5.74, 6) is 5.12. The number of carbonyl (C=O) groups excluding carboxylic acids is 1. The SMILES string of the molecule is CC[C@]12CCC3C4CCC(=O)C=C4CCC3C13C(C)C3CC2.CO. The van der Waals surface area contributed by atoms with E-state index in [1.807, 2.05) is 6.08 Å². The van der Waals surface area contributed by atoms with E-state index in [0.29, 0.717) is 11.2 Å². The molecule has 0 bridgehead atoms. The Kier molecular flexibility index (Phi) is 3.99. The quantitative estimate of drug-likeness (QED) is 0.752. The molecule has 0 heterocycles. The Bertz CT molecular complexity index is 564. The first-order chi connectivity index (χ1) is 11.6. The Balaban J connectivity index is 0.000000704. The zero-order chi connectivity index (χ0) is 17.1. The lowest BCUT2D eigenvalue weighted by molar-refractivity contribution is -0.116. The van der Waals surface area contributed by atoms with Crippen molar-refractivity contribution in [3.8, 4) is 0 Å². The summed E-state index contributed by atoms with van der Waals surface area (Å²) in [5.41, 5.74) is 2.96. The van der Waals surface area contributed by atoms with Crippen LogP contribution in [0.15, 0.2) is 11.6 Å². The van der Waals surface area contributed by atoms with Gasteiger partial charge in [-0.1, -0.05) is 19.4 Å². The van der Waals surface area contributed by atoms with E-state index in [9.17, 15) is 4.79 Å². The van der Waals surface area contributed by atoms with E-state index in [2.05, 4.69) is 13.8 Å². The lowest BCUT2D eigenvalue weighted by Crippen LogP contribution is -2.49. The van der Waals surface area contributed by atoms with Crippen molar-refractivity contribution < 1.29 is 9.90 Å². The molecule has 6 unspecified atom stereocenters. The first-order valence-corrected chi connectivity index (χ1v) is 10.3. The Morgan fingerprint density at radius 3 is 2.54 bits per heavy atom. The summed E-state index contributed by atoms with van der Waals surface area (Å²) in [5, 5.41) is 7.00. The van der Waals surface area contributed by atoms with E-state index >= 15 is 0 Å². The fourth-order valence-corrected chi connectivity index (χ4v) is 8.57. The minimum Gasteiger partial charge on any atom is -0.400 e. The van der Waals surface area contributed by atoms with Gasteiger partial charge in [-0.2, -0.15) is 0 Å². The summed E-state index contributed by atoms with van der Waals surface area (Å²) < 4.78 is 0. The number of hydrogen-bond donors (Lipinski definition) is 1. The van der Waals surface area contributed by atoms with Gasteiger partial charge < -0.3 is 5.11 Å². The first-order valence-electron chi connectivity index (χ1n) is 10.3. The molecule has 7 atom stereocenters. The molecule has 0 aromatic heterocycles. The number of rotatable bonds is 1. The highest BCUT2D eigenvalue weighted by molar-refractivity contribution is 5.91. The van der Waals surface area contributed by atoms with Crippen LogP contribution in [0.4, 0.5) is 0 Å². The van der Waals surface area contributed by atoms with Gasteiger partial charge >= 0.3 is 0 Å². The molecule has 5 aliphatic rings. The highest BCUT2D eigenvalue weighted by Crippen LogP contribution is 2.85. The van der Waals surface area contributed by atoms with Gasteiger partial charge in [0.2, 0.25) is 0 Å². The molecular formula is C22H34O2. The normalized spacial score (nSPS) is 51.2. The van der Waals surface area contributed by atoms with Crippen LogP contribution in [0.2, 0.25) is 0 Å². The van der Waals surface area contributed by atoms with Crippen LogP contribution in [-0.4, -0.2) is 18.0 Å². The molecule has 1 N–H and O–H groups in total. The molecule has 0 aromatic rings. The second kappa shape index (κ2) is 5.69. The van der Waals surface area contributed by atoms with Crippen molar-refractivity contribution in [2.75, 3.05) is 7.11 Å². The fraction of sp³-hybridized carbons (Fsp3) is 0.864. The van der Waals surface area contributed by atoms with Crippen molar-refractivity contribution in [3.63, 3.8) is 0 Å². The van der Waals surface area contributed by atoms with Crippen LogP contribution in [0.5, 0.6) is 0 Å². The smallest absolute Gasteiger partial charge is 0.155 e. The number of hydrogen-bond acceptors (Lipinski definition) is 2. The second-order valence-electron chi connectivity index (χ2n) is 9.18. The maximum atomic E-state index is 11.8. The maximum Gasteiger partial charge on any atom is 0.155 e. The minimum atomic E-state index is 0.403. The highest BCUT2D eigenvalue weighted by Gasteiger charge is 2.78. The summed E-state index contributed by atoms with van der Waals surface area (Å²) in [6, 6.07) is 0. The van der Waals surface area contributed by atoms with Gasteiger partial charge in [-0.3, -0.25) is 4.79 Å². The molecule has 0 radical (unpaired) electrons. The number of aliphatic hydroxyl groups is 1. The Morgan fingerprint density at radius 1 is 1.08 bits per heavy atom. The van der Waals surface area contributed by atoms with Crippen LogP contribution < -0.4 is 0 Å². The van der Waals surface area contributed by atoms with Crippen molar-refractivity contribution in [1.82, 2.24) is 0 Å². The average Bonchev–Trinajstić information content (AvgIpc) is 3.04. The number of fused-ring (bicyclic) bond motifs is 3. The summed E-state index contributed by atoms with van der Waals surface area (Å²) in [6.07, 6.45) is 14.1. The van der Waals surface area contributed by atoms with Crippen LogP contribution in [-0.2, 0) is 4.79 Å². The van der Waals surface area contributed by atoms with Crippen LogP contribution in [0.25, 0.3) is 0 Å². The third-order valence-electron chi connectivity index (χ3n) is 9.26. The number of ketones is 1. The van der Waals surface area contributed by atoms with Crippen molar-refractivity contribution in [2.24, 2.45) is 40.4 Å². The molecule has 5 aliphatic carbocycles. The van der Waals surface area contributed by atoms with Crippen LogP contribution >= 0.6 is 0 Å². The fourth-order valence-electron chi connectivity index (χ4n) is 8.57. The maximum absolute atomic E-state index is 11.8.